The molecule has 0 heterocycles. The van der Waals surface area contributed by atoms with Gasteiger partial charge in [-0.1, -0.05) is 24.3 Å². The molecule has 2 aliphatic rings. The van der Waals surface area contributed by atoms with Crippen molar-refractivity contribution in [1.82, 2.24) is 0 Å². The van der Waals surface area contributed by atoms with Crippen molar-refractivity contribution < 1.29 is 14.7 Å². The summed E-state index contributed by atoms with van der Waals surface area (Å²) in [6, 6.07) is 7.19. The molecule has 0 aliphatic heterocycles. The molecular weight excluding hydrogens is 274 g/mol. The number of fused-ring (bicyclic) bond motifs is 2. The monoisotopic (exact) mass is 289 g/mol. The van der Waals surface area contributed by atoms with Gasteiger partial charge in [0.25, 0.3) is 0 Å². The maximum atomic E-state index is 12.4. The van der Waals surface area contributed by atoms with Gasteiger partial charge in [-0.3, -0.25) is 9.59 Å². The van der Waals surface area contributed by atoms with Crippen LogP contribution in [0.1, 0.15) is 6.42 Å². The predicted molar refractivity (Wildman–Crippen MR) is 77.7 cm³/mol. The van der Waals surface area contributed by atoms with E-state index in [9.17, 15) is 14.7 Å². The number of benzene rings is 1. The molecule has 0 spiro atoms. The summed E-state index contributed by atoms with van der Waals surface area (Å²) in [5, 5.41) is 12.2. The van der Waals surface area contributed by atoms with E-state index in [1.165, 1.54) is 0 Å². The van der Waals surface area contributed by atoms with Crippen molar-refractivity contribution in [2.75, 3.05) is 5.32 Å². The number of aliphatic carboxylic acids is 1. The molecule has 104 valence electrons. The van der Waals surface area contributed by atoms with Crippen LogP contribution < -0.4 is 5.32 Å². The highest BCUT2D eigenvalue weighted by molar-refractivity contribution is 7.80. The Hall–Kier alpha value is -1.75. The van der Waals surface area contributed by atoms with Gasteiger partial charge in [-0.2, -0.15) is 0 Å². The first-order valence-corrected chi connectivity index (χ1v) is 7.02. The van der Waals surface area contributed by atoms with Crippen molar-refractivity contribution in [3.63, 3.8) is 0 Å². The number of para-hydroxylation sites is 1. The Balaban J connectivity index is 1.82. The molecule has 1 amide bonds. The van der Waals surface area contributed by atoms with Crippen LogP contribution in [-0.4, -0.2) is 17.0 Å². The fourth-order valence-corrected chi connectivity index (χ4v) is 3.53. The zero-order valence-corrected chi connectivity index (χ0v) is 11.6. The molecular formula is C15H15NO3S. The van der Waals surface area contributed by atoms with Crippen LogP contribution in [0.3, 0.4) is 0 Å². The summed E-state index contributed by atoms with van der Waals surface area (Å²) in [7, 11) is 0. The van der Waals surface area contributed by atoms with Crippen molar-refractivity contribution in [1.29, 1.82) is 0 Å². The summed E-state index contributed by atoms with van der Waals surface area (Å²) in [5.41, 5.74) is 0.622. The van der Waals surface area contributed by atoms with Gasteiger partial charge < -0.3 is 10.4 Å². The van der Waals surface area contributed by atoms with E-state index >= 15 is 0 Å². The Morgan fingerprint density at radius 2 is 1.80 bits per heavy atom. The van der Waals surface area contributed by atoms with Gasteiger partial charge in [-0.15, -0.1) is 12.6 Å². The molecule has 1 saturated carbocycles. The van der Waals surface area contributed by atoms with Crippen LogP contribution in [0.15, 0.2) is 41.3 Å². The van der Waals surface area contributed by atoms with Crippen LogP contribution in [-0.2, 0) is 9.59 Å². The normalized spacial score (nSPS) is 30.4. The summed E-state index contributed by atoms with van der Waals surface area (Å²) in [4.78, 5) is 24.5. The lowest BCUT2D eigenvalue weighted by molar-refractivity contribution is -0.146. The van der Waals surface area contributed by atoms with Crippen LogP contribution >= 0.6 is 12.6 Å². The molecule has 0 radical (unpaired) electrons. The van der Waals surface area contributed by atoms with Crippen LogP contribution in [0.4, 0.5) is 5.69 Å². The molecule has 4 nitrogen and oxygen atoms in total. The number of carboxylic acids is 1. The Bertz CT molecular complexity index is 599. The fourth-order valence-electron chi connectivity index (χ4n) is 3.31. The largest absolute Gasteiger partial charge is 0.481 e. The second-order valence-electron chi connectivity index (χ2n) is 5.34. The number of allylic oxidation sites excluding steroid dienone is 2. The van der Waals surface area contributed by atoms with Gasteiger partial charge in [-0.25, -0.2) is 0 Å². The number of hydrogen-bond donors (Lipinski definition) is 3. The van der Waals surface area contributed by atoms with Crippen molar-refractivity contribution in [2.24, 2.45) is 23.7 Å². The number of amides is 1. The average Bonchev–Trinajstić information content (AvgIpc) is 3.01. The molecule has 0 aromatic heterocycles. The Labute approximate surface area is 122 Å². The maximum absolute atomic E-state index is 12.4. The molecule has 1 fully saturated rings. The lowest BCUT2D eigenvalue weighted by Crippen LogP contribution is -2.36. The zero-order chi connectivity index (χ0) is 14.3. The number of nitrogens with one attached hydrogen (secondary N) is 1. The average molecular weight is 289 g/mol. The summed E-state index contributed by atoms with van der Waals surface area (Å²) in [6.07, 6.45) is 4.66. The molecule has 4 atom stereocenters. The van der Waals surface area contributed by atoms with Crippen molar-refractivity contribution in [3.8, 4) is 0 Å². The summed E-state index contributed by atoms with van der Waals surface area (Å²) >= 11 is 4.29. The molecule has 1 aromatic rings. The molecule has 1 aromatic carbocycles. The number of carbonyl (C=O) groups is 2. The minimum Gasteiger partial charge on any atom is -0.481 e. The standard InChI is InChI=1S/C15H15NO3S/c17-14(16-10-3-1-2-4-11(10)20)12-8-5-6-9(7-8)13(12)15(18)19/h1-6,8-9,12-13,20H,7H2,(H,16,17)(H,18,19). The number of carbonyl (C=O) groups excluding carboxylic acids is 1. The molecule has 3 rings (SSSR count). The lowest BCUT2D eigenvalue weighted by atomic mass is 9.82. The topological polar surface area (TPSA) is 66.4 Å². The first-order chi connectivity index (χ1) is 9.58. The van der Waals surface area contributed by atoms with Crippen LogP contribution in [0, 0.1) is 23.7 Å². The van der Waals surface area contributed by atoms with E-state index in [0.29, 0.717) is 10.6 Å². The third-order valence-electron chi connectivity index (χ3n) is 4.21. The number of carboxylic acid groups (broad SMARTS) is 1. The van der Waals surface area contributed by atoms with Crippen LogP contribution in [0.2, 0.25) is 0 Å². The van der Waals surface area contributed by atoms with Gasteiger partial charge in [0.05, 0.1) is 17.5 Å². The van der Waals surface area contributed by atoms with E-state index in [1.807, 2.05) is 24.3 Å². The highest BCUT2D eigenvalue weighted by Crippen LogP contribution is 2.48. The van der Waals surface area contributed by atoms with Gasteiger partial charge in [0.15, 0.2) is 0 Å². The summed E-state index contributed by atoms with van der Waals surface area (Å²) in [5.74, 6) is -2.20. The Kier molecular flexibility index (Phi) is 3.30. The van der Waals surface area contributed by atoms with Crippen molar-refractivity contribution in [3.05, 3.63) is 36.4 Å². The highest BCUT2D eigenvalue weighted by atomic mass is 32.1. The number of hydrogen-bond acceptors (Lipinski definition) is 3. The van der Waals surface area contributed by atoms with E-state index in [2.05, 4.69) is 17.9 Å². The van der Waals surface area contributed by atoms with Gasteiger partial charge in [0.2, 0.25) is 5.91 Å². The fraction of sp³-hybridized carbons (Fsp3) is 0.333. The maximum Gasteiger partial charge on any atom is 0.307 e. The second-order valence-corrected chi connectivity index (χ2v) is 5.83. The zero-order valence-electron chi connectivity index (χ0n) is 10.7. The third kappa shape index (κ3) is 2.12. The summed E-state index contributed by atoms with van der Waals surface area (Å²) < 4.78 is 0. The minimum absolute atomic E-state index is 0.0144. The van der Waals surface area contributed by atoms with Gasteiger partial charge >= 0.3 is 5.97 Å². The van der Waals surface area contributed by atoms with Crippen LogP contribution in [0.25, 0.3) is 0 Å². The molecule has 2 bridgehead atoms. The van der Waals surface area contributed by atoms with Crippen molar-refractivity contribution >= 4 is 30.2 Å². The highest BCUT2D eigenvalue weighted by Gasteiger charge is 2.51. The quantitative estimate of drug-likeness (QED) is 0.591. The van der Waals surface area contributed by atoms with E-state index in [4.69, 9.17) is 0 Å². The smallest absolute Gasteiger partial charge is 0.307 e. The number of thiol groups is 1. The predicted octanol–water partition coefficient (Wildman–Crippen LogP) is 2.44. The second kappa shape index (κ2) is 4.98. The molecule has 20 heavy (non-hydrogen) atoms. The van der Waals surface area contributed by atoms with Gasteiger partial charge in [-0.05, 0) is 30.4 Å². The Morgan fingerprint density at radius 3 is 2.45 bits per heavy atom. The van der Waals surface area contributed by atoms with Crippen LogP contribution in [0.5, 0.6) is 0 Å². The molecule has 5 heteroatoms. The minimum atomic E-state index is -0.888. The first-order valence-electron chi connectivity index (χ1n) is 6.58. The lowest BCUT2D eigenvalue weighted by Gasteiger charge is -2.24. The first kappa shape index (κ1) is 13.2. The number of rotatable bonds is 3. The molecule has 4 unspecified atom stereocenters. The molecule has 2 aliphatic carbocycles. The molecule has 0 saturated heterocycles. The van der Waals surface area contributed by atoms with E-state index in [1.54, 1.807) is 12.1 Å². The van der Waals surface area contributed by atoms with E-state index in [-0.39, 0.29) is 17.7 Å². The van der Waals surface area contributed by atoms with E-state index < -0.39 is 17.8 Å². The van der Waals surface area contributed by atoms with Gasteiger partial charge in [0.1, 0.15) is 0 Å². The van der Waals surface area contributed by atoms with E-state index in [0.717, 1.165) is 6.42 Å². The van der Waals surface area contributed by atoms with Gasteiger partial charge in [0, 0.05) is 4.90 Å². The third-order valence-corrected chi connectivity index (χ3v) is 4.60. The molecule has 2 N–H and O–H groups in total. The number of anilines is 1. The Morgan fingerprint density at radius 1 is 1.15 bits per heavy atom. The summed E-state index contributed by atoms with van der Waals surface area (Å²) in [6.45, 7) is 0. The SMILES string of the molecule is O=C(O)C1C2C=CC(C2)C1C(=O)Nc1ccccc1S. The van der Waals surface area contributed by atoms with Crippen molar-refractivity contribution in [2.45, 2.75) is 11.3 Å².